The summed E-state index contributed by atoms with van der Waals surface area (Å²) < 4.78 is 11.1. The highest BCUT2D eigenvalue weighted by Crippen LogP contribution is 2.20. The SMILES string of the molecule is Cc1ccc(O[C@H](C)C(=O)Nc2ccc(N3CCOCC3)cc2)cc1C. The number of carbonyl (C=O) groups excluding carboxylic acids is 1. The fraction of sp³-hybridized carbons (Fsp3) is 0.381. The van der Waals surface area contributed by atoms with Crippen LogP contribution in [0, 0.1) is 13.8 Å². The summed E-state index contributed by atoms with van der Waals surface area (Å²) in [5, 5.41) is 2.91. The summed E-state index contributed by atoms with van der Waals surface area (Å²) in [4.78, 5) is 14.7. The summed E-state index contributed by atoms with van der Waals surface area (Å²) in [6, 6.07) is 13.7. The lowest BCUT2D eigenvalue weighted by atomic mass is 10.1. The van der Waals surface area contributed by atoms with Crippen molar-refractivity contribution < 1.29 is 14.3 Å². The Labute approximate surface area is 154 Å². The molecule has 1 amide bonds. The first-order valence-corrected chi connectivity index (χ1v) is 9.00. The lowest BCUT2D eigenvalue weighted by Crippen LogP contribution is -2.36. The number of hydrogen-bond donors (Lipinski definition) is 1. The number of morpholine rings is 1. The number of amides is 1. The maximum absolute atomic E-state index is 12.4. The largest absolute Gasteiger partial charge is 0.481 e. The summed E-state index contributed by atoms with van der Waals surface area (Å²) in [5.74, 6) is 0.542. The highest BCUT2D eigenvalue weighted by Gasteiger charge is 2.16. The summed E-state index contributed by atoms with van der Waals surface area (Å²) >= 11 is 0. The van der Waals surface area contributed by atoms with Crippen LogP contribution in [0.25, 0.3) is 0 Å². The second-order valence-corrected chi connectivity index (χ2v) is 6.64. The van der Waals surface area contributed by atoms with Gasteiger partial charge in [-0.05, 0) is 68.3 Å². The first-order chi connectivity index (χ1) is 12.5. The van der Waals surface area contributed by atoms with Crippen LogP contribution in [0.5, 0.6) is 5.75 Å². The van der Waals surface area contributed by atoms with E-state index in [4.69, 9.17) is 9.47 Å². The molecule has 2 aromatic carbocycles. The molecule has 138 valence electrons. The zero-order chi connectivity index (χ0) is 18.5. The van der Waals surface area contributed by atoms with Crippen LogP contribution in [0.3, 0.4) is 0 Å². The molecule has 2 aromatic rings. The quantitative estimate of drug-likeness (QED) is 0.892. The second-order valence-electron chi connectivity index (χ2n) is 6.64. The number of hydrogen-bond acceptors (Lipinski definition) is 4. The standard InChI is InChI=1S/C21H26N2O3/c1-15-4-9-20(14-16(15)2)26-17(3)21(24)22-18-5-7-19(8-6-18)23-10-12-25-13-11-23/h4-9,14,17H,10-13H2,1-3H3,(H,22,24)/t17-/m1/s1. The highest BCUT2D eigenvalue weighted by molar-refractivity contribution is 5.94. The molecule has 1 N–H and O–H groups in total. The Balaban J connectivity index is 1.57. The zero-order valence-electron chi connectivity index (χ0n) is 15.6. The second kappa shape index (κ2) is 8.23. The van der Waals surface area contributed by atoms with Gasteiger partial charge in [0.2, 0.25) is 0 Å². The molecular formula is C21H26N2O3. The van der Waals surface area contributed by atoms with Crippen molar-refractivity contribution in [2.45, 2.75) is 26.9 Å². The maximum Gasteiger partial charge on any atom is 0.265 e. The zero-order valence-corrected chi connectivity index (χ0v) is 15.6. The average Bonchev–Trinajstić information content (AvgIpc) is 2.66. The van der Waals surface area contributed by atoms with Crippen molar-refractivity contribution in [3.05, 3.63) is 53.6 Å². The first-order valence-electron chi connectivity index (χ1n) is 9.00. The third-order valence-corrected chi connectivity index (χ3v) is 4.67. The fourth-order valence-corrected chi connectivity index (χ4v) is 2.87. The molecule has 1 heterocycles. The van der Waals surface area contributed by atoms with Crippen LogP contribution in [0.15, 0.2) is 42.5 Å². The van der Waals surface area contributed by atoms with Crippen LogP contribution in [-0.4, -0.2) is 38.3 Å². The van der Waals surface area contributed by atoms with E-state index in [9.17, 15) is 4.79 Å². The molecule has 5 nitrogen and oxygen atoms in total. The molecule has 1 aliphatic heterocycles. The summed E-state index contributed by atoms with van der Waals surface area (Å²) in [5.41, 5.74) is 4.26. The lowest BCUT2D eigenvalue weighted by Gasteiger charge is -2.29. The molecule has 1 aliphatic rings. The molecule has 26 heavy (non-hydrogen) atoms. The topological polar surface area (TPSA) is 50.8 Å². The number of aryl methyl sites for hydroxylation is 2. The lowest BCUT2D eigenvalue weighted by molar-refractivity contribution is -0.122. The molecule has 5 heteroatoms. The van der Waals surface area contributed by atoms with Crippen LogP contribution in [0.1, 0.15) is 18.1 Å². The van der Waals surface area contributed by atoms with E-state index in [-0.39, 0.29) is 5.91 Å². The third-order valence-electron chi connectivity index (χ3n) is 4.67. The molecule has 3 rings (SSSR count). The minimum absolute atomic E-state index is 0.164. The molecule has 0 aliphatic carbocycles. The van der Waals surface area contributed by atoms with Crippen molar-refractivity contribution in [3.8, 4) is 5.75 Å². The van der Waals surface area contributed by atoms with Gasteiger partial charge in [-0.2, -0.15) is 0 Å². The van der Waals surface area contributed by atoms with E-state index in [0.717, 1.165) is 43.2 Å². The van der Waals surface area contributed by atoms with Gasteiger partial charge in [0.1, 0.15) is 5.75 Å². The smallest absolute Gasteiger partial charge is 0.265 e. The third kappa shape index (κ3) is 4.55. The summed E-state index contributed by atoms with van der Waals surface area (Å²) in [6.45, 7) is 9.14. The molecule has 0 spiro atoms. The van der Waals surface area contributed by atoms with E-state index in [1.165, 1.54) is 5.56 Å². The molecule has 0 aromatic heterocycles. The van der Waals surface area contributed by atoms with Crippen molar-refractivity contribution in [2.75, 3.05) is 36.5 Å². The van der Waals surface area contributed by atoms with Crippen LogP contribution in [-0.2, 0) is 9.53 Å². The van der Waals surface area contributed by atoms with Gasteiger partial charge < -0.3 is 19.7 Å². The van der Waals surface area contributed by atoms with Crippen molar-refractivity contribution in [1.82, 2.24) is 0 Å². The van der Waals surface area contributed by atoms with Crippen molar-refractivity contribution >= 4 is 17.3 Å². The number of ether oxygens (including phenoxy) is 2. The molecule has 0 radical (unpaired) electrons. The van der Waals surface area contributed by atoms with E-state index in [1.807, 2.05) is 49.4 Å². The van der Waals surface area contributed by atoms with Crippen LogP contribution >= 0.6 is 0 Å². The van der Waals surface area contributed by atoms with Gasteiger partial charge >= 0.3 is 0 Å². The Bertz CT molecular complexity index is 752. The molecule has 1 atom stereocenters. The van der Waals surface area contributed by atoms with Gasteiger partial charge in [-0.25, -0.2) is 0 Å². The minimum atomic E-state index is -0.573. The van der Waals surface area contributed by atoms with Crippen molar-refractivity contribution in [3.63, 3.8) is 0 Å². The molecular weight excluding hydrogens is 328 g/mol. The summed E-state index contributed by atoms with van der Waals surface area (Å²) in [6.07, 6.45) is -0.573. The number of nitrogens with one attached hydrogen (secondary N) is 1. The van der Waals surface area contributed by atoms with Crippen molar-refractivity contribution in [2.24, 2.45) is 0 Å². The highest BCUT2D eigenvalue weighted by atomic mass is 16.5. The number of nitrogens with zero attached hydrogens (tertiary/aromatic N) is 1. The van der Waals surface area contributed by atoms with E-state index in [2.05, 4.69) is 17.1 Å². The van der Waals surface area contributed by atoms with E-state index in [0.29, 0.717) is 5.75 Å². The fourth-order valence-electron chi connectivity index (χ4n) is 2.87. The molecule has 0 bridgehead atoms. The Hall–Kier alpha value is -2.53. The number of anilines is 2. The van der Waals surface area contributed by atoms with Gasteiger partial charge in [0.05, 0.1) is 13.2 Å². The molecule has 1 fully saturated rings. The van der Waals surface area contributed by atoms with Gasteiger partial charge in [-0.3, -0.25) is 4.79 Å². The molecule has 0 unspecified atom stereocenters. The van der Waals surface area contributed by atoms with Gasteiger partial charge in [-0.1, -0.05) is 6.07 Å². The first kappa shape index (κ1) is 18.3. The Morgan fingerprint density at radius 1 is 1.08 bits per heavy atom. The van der Waals surface area contributed by atoms with Crippen LogP contribution < -0.4 is 15.0 Å². The van der Waals surface area contributed by atoms with E-state index >= 15 is 0 Å². The molecule has 1 saturated heterocycles. The average molecular weight is 354 g/mol. The normalized spacial score (nSPS) is 15.4. The number of carbonyl (C=O) groups is 1. The monoisotopic (exact) mass is 354 g/mol. The molecule has 0 saturated carbocycles. The Morgan fingerprint density at radius 3 is 2.42 bits per heavy atom. The number of rotatable bonds is 5. The van der Waals surface area contributed by atoms with Gasteiger partial charge in [0, 0.05) is 24.5 Å². The minimum Gasteiger partial charge on any atom is -0.481 e. The van der Waals surface area contributed by atoms with Gasteiger partial charge in [0.25, 0.3) is 5.91 Å². The van der Waals surface area contributed by atoms with Crippen LogP contribution in [0.4, 0.5) is 11.4 Å². The number of benzene rings is 2. The van der Waals surface area contributed by atoms with Crippen molar-refractivity contribution in [1.29, 1.82) is 0 Å². The Morgan fingerprint density at radius 2 is 1.77 bits per heavy atom. The summed E-state index contributed by atoms with van der Waals surface area (Å²) in [7, 11) is 0. The van der Waals surface area contributed by atoms with Crippen LogP contribution in [0.2, 0.25) is 0 Å². The van der Waals surface area contributed by atoms with Gasteiger partial charge in [-0.15, -0.1) is 0 Å². The van der Waals surface area contributed by atoms with E-state index < -0.39 is 6.10 Å². The Kier molecular flexibility index (Phi) is 5.78. The van der Waals surface area contributed by atoms with Gasteiger partial charge in [0.15, 0.2) is 6.10 Å². The predicted molar refractivity (Wildman–Crippen MR) is 104 cm³/mol. The maximum atomic E-state index is 12.4. The predicted octanol–water partition coefficient (Wildman–Crippen LogP) is 3.55. The van der Waals surface area contributed by atoms with E-state index in [1.54, 1.807) is 6.92 Å².